The average molecular weight is 252 g/mol. The number of fused-ring (bicyclic) bond motifs is 1. The maximum atomic E-state index is 12.0. The van der Waals surface area contributed by atoms with Gasteiger partial charge in [0.25, 0.3) is 0 Å². The van der Waals surface area contributed by atoms with Crippen molar-refractivity contribution in [2.75, 3.05) is 11.9 Å². The van der Waals surface area contributed by atoms with Gasteiger partial charge in [-0.3, -0.25) is 4.90 Å². The predicted molar refractivity (Wildman–Crippen MR) is 79.8 cm³/mol. The largest absolute Gasteiger partial charge is 0.340 e. The topological polar surface area (TPSA) is 32.3 Å². The van der Waals surface area contributed by atoms with Crippen molar-refractivity contribution in [3.8, 4) is 0 Å². The number of hydrogen-bond donors (Lipinski definition) is 1. The van der Waals surface area contributed by atoms with E-state index in [2.05, 4.69) is 25.1 Å². The van der Waals surface area contributed by atoms with Gasteiger partial charge >= 0.3 is 6.03 Å². The first-order valence-corrected chi connectivity index (χ1v) is 5.94. The predicted octanol–water partition coefficient (Wildman–Crippen LogP) is 3.49. The van der Waals surface area contributed by atoms with E-state index in [-0.39, 0.29) is 6.03 Å². The number of urea groups is 1. The number of hydrogen-bond acceptors (Lipinski definition) is 1. The number of nitrogens with zero attached hydrogens (tertiary/aromatic N) is 1. The zero-order valence-corrected chi connectivity index (χ0v) is 10.9. The van der Waals surface area contributed by atoms with Crippen LogP contribution in [0, 0.1) is 0 Å². The molecule has 0 saturated heterocycles. The average Bonchev–Trinajstić information content (AvgIpc) is 2.43. The van der Waals surface area contributed by atoms with Crippen LogP contribution in [0.3, 0.4) is 0 Å². The highest BCUT2D eigenvalue weighted by Gasteiger charge is 2.29. The molecular formula is C16H16N2O. The minimum atomic E-state index is -0.226. The Morgan fingerprint density at radius 1 is 1.32 bits per heavy atom. The Morgan fingerprint density at radius 2 is 2.00 bits per heavy atom. The molecule has 1 aromatic carbocycles. The molecule has 0 unspecified atom stereocenters. The molecule has 0 aromatic heterocycles. The molecule has 3 heteroatoms. The fraction of sp³-hybridized carbons (Fsp3) is 0.0625. The molecule has 1 N–H and O–H groups in total. The van der Waals surface area contributed by atoms with Crippen molar-refractivity contribution in [2.45, 2.75) is 0 Å². The van der Waals surface area contributed by atoms with E-state index < -0.39 is 0 Å². The Kier molecular flexibility index (Phi) is 3.38. The number of nitrogens with one attached hydrogen (secondary N) is 1. The molecule has 0 atom stereocenters. The summed E-state index contributed by atoms with van der Waals surface area (Å²) >= 11 is 0. The smallest absolute Gasteiger partial charge is 0.326 e. The molecule has 0 aliphatic carbocycles. The molecule has 1 aliphatic rings. The van der Waals surface area contributed by atoms with Crippen LogP contribution < -0.4 is 10.2 Å². The second kappa shape index (κ2) is 4.98. The third-order valence-electron chi connectivity index (χ3n) is 3.08. The maximum Gasteiger partial charge on any atom is 0.326 e. The number of benzene rings is 1. The van der Waals surface area contributed by atoms with Gasteiger partial charge < -0.3 is 5.32 Å². The van der Waals surface area contributed by atoms with Crippen molar-refractivity contribution in [3.63, 3.8) is 0 Å². The molecule has 2 amide bonds. The summed E-state index contributed by atoms with van der Waals surface area (Å²) in [7, 11) is 1.59. The molecule has 0 saturated carbocycles. The van der Waals surface area contributed by atoms with Gasteiger partial charge in [0.1, 0.15) is 0 Å². The van der Waals surface area contributed by atoms with Crippen molar-refractivity contribution in [1.29, 1.82) is 0 Å². The van der Waals surface area contributed by atoms with Crippen molar-refractivity contribution >= 4 is 17.3 Å². The van der Waals surface area contributed by atoms with Gasteiger partial charge in [0.2, 0.25) is 0 Å². The lowest BCUT2D eigenvalue weighted by Gasteiger charge is -2.33. The number of anilines is 1. The van der Waals surface area contributed by atoms with Crippen molar-refractivity contribution < 1.29 is 4.79 Å². The molecule has 0 radical (unpaired) electrons. The summed E-state index contributed by atoms with van der Waals surface area (Å²) < 4.78 is 0. The first kappa shape index (κ1) is 12.9. The van der Waals surface area contributed by atoms with Crippen molar-refractivity contribution in [3.05, 3.63) is 73.0 Å². The lowest BCUT2D eigenvalue weighted by atomic mass is 9.90. The fourth-order valence-corrected chi connectivity index (χ4v) is 2.15. The normalized spacial score (nSPS) is 16.3. The highest BCUT2D eigenvalue weighted by molar-refractivity contribution is 6.06. The number of carbonyl (C=O) groups excluding carboxylic acids is 1. The van der Waals surface area contributed by atoms with Gasteiger partial charge in [-0.2, -0.15) is 0 Å². The van der Waals surface area contributed by atoms with Gasteiger partial charge in [0, 0.05) is 12.6 Å². The minimum absolute atomic E-state index is 0.226. The van der Waals surface area contributed by atoms with Gasteiger partial charge in [0.05, 0.1) is 11.4 Å². The molecule has 0 fully saturated rings. The van der Waals surface area contributed by atoms with E-state index in [1.165, 1.54) is 4.90 Å². The van der Waals surface area contributed by atoms with E-state index in [1.807, 2.05) is 30.3 Å². The summed E-state index contributed by atoms with van der Waals surface area (Å²) in [6.45, 7) is 11.7. The second-order valence-electron chi connectivity index (χ2n) is 4.15. The third kappa shape index (κ3) is 1.99. The minimum Gasteiger partial charge on any atom is -0.340 e. The van der Waals surface area contributed by atoms with Gasteiger partial charge in [-0.15, -0.1) is 0 Å². The van der Waals surface area contributed by atoms with Crippen LogP contribution in [0.1, 0.15) is 5.56 Å². The van der Waals surface area contributed by atoms with Crippen molar-refractivity contribution in [2.24, 2.45) is 0 Å². The Bertz CT molecular complexity index is 611. The Hall–Kier alpha value is -2.55. The van der Waals surface area contributed by atoms with E-state index in [1.54, 1.807) is 13.1 Å². The summed E-state index contributed by atoms with van der Waals surface area (Å²) in [4.78, 5) is 13.6. The molecule has 1 aliphatic heterocycles. The maximum absolute atomic E-state index is 12.0. The SMILES string of the molecule is C=C/C=C1\C(=C)C(=C)N(C(=O)NC)c2ccccc21. The zero-order valence-electron chi connectivity index (χ0n) is 10.9. The van der Waals surface area contributed by atoms with Gasteiger partial charge in [0.15, 0.2) is 0 Å². The van der Waals surface area contributed by atoms with Crippen LogP contribution in [0.15, 0.2) is 67.4 Å². The van der Waals surface area contributed by atoms with E-state index in [0.29, 0.717) is 5.70 Å². The highest BCUT2D eigenvalue weighted by atomic mass is 16.2. The third-order valence-corrected chi connectivity index (χ3v) is 3.08. The number of rotatable bonds is 1. The molecule has 3 nitrogen and oxygen atoms in total. The first-order chi connectivity index (χ1) is 9.11. The van der Waals surface area contributed by atoms with Crippen LogP contribution in [0.25, 0.3) is 5.57 Å². The monoisotopic (exact) mass is 252 g/mol. The van der Waals surface area contributed by atoms with Crippen LogP contribution >= 0.6 is 0 Å². The van der Waals surface area contributed by atoms with Crippen LogP contribution in [-0.4, -0.2) is 13.1 Å². The van der Waals surface area contributed by atoms with Crippen LogP contribution in [0.2, 0.25) is 0 Å². The number of para-hydroxylation sites is 1. The van der Waals surface area contributed by atoms with Crippen LogP contribution in [0.5, 0.6) is 0 Å². The molecule has 0 spiro atoms. The first-order valence-electron chi connectivity index (χ1n) is 5.94. The van der Waals surface area contributed by atoms with Gasteiger partial charge in [-0.1, -0.05) is 50.1 Å². The summed E-state index contributed by atoms with van der Waals surface area (Å²) in [5.74, 6) is 0. The Morgan fingerprint density at radius 3 is 2.63 bits per heavy atom. The van der Waals surface area contributed by atoms with Gasteiger partial charge in [-0.25, -0.2) is 4.79 Å². The molecule has 96 valence electrons. The van der Waals surface area contributed by atoms with E-state index in [0.717, 1.165) is 22.4 Å². The van der Waals surface area contributed by atoms with E-state index >= 15 is 0 Å². The Labute approximate surface area is 113 Å². The number of amides is 2. The molecular weight excluding hydrogens is 236 g/mol. The molecule has 0 bridgehead atoms. The Balaban J connectivity index is 2.70. The van der Waals surface area contributed by atoms with Crippen molar-refractivity contribution in [1.82, 2.24) is 5.32 Å². The molecule has 1 heterocycles. The van der Waals surface area contributed by atoms with Crippen LogP contribution in [0.4, 0.5) is 10.5 Å². The summed E-state index contributed by atoms with van der Waals surface area (Å²) in [6.07, 6.45) is 3.59. The quantitative estimate of drug-likeness (QED) is 0.815. The summed E-state index contributed by atoms with van der Waals surface area (Å²) in [5.41, 5.74) is 3.99. The lowest BCUT2D eigenvalue weighted by molar-refractivity contribution is 0.249. The molecule has 19 heavy (non-hydrogen) atoms. The molecule has 2 rings (SSSR count). The summed E-state index contributed by atoms with van der Waals surface area (Å²) in [5, 5.41) is 2.62. The highest BCUT2D eigenvalue weighted by Crippen LogP contribution is 2.41. The zero-order chi connectivity index (χ0) is 14.0. The second-order valence-corrected chi connectivity index (χ2v) is 4.15. The number of carbonyl (C=O) groups is 1. The van der Waals surface area contributed by atoms with E-state index in [4.69, 9.17) is 0 Å². The standard InChI is InChI=1S/C16H16N2O/c1-5-8-13-11(2)12(3)18(16(19)17-4)15-10-7-6-9-14(13)15/h5-10H,1-3H2,4H3,(H,17,19)/b13-8+. The van der Waals surface area contributed by atoms with Gasteiger partial charge in [-0.05, 0) is 17.2 Å². The summed E-state index contributed by atoms with van der Waals surface area (Å²) in [6, 6.07) is 7.44. The fourth-order valence-electron chi connectivity index (χ4n) is 2.15. The lowest BCUT2D eigenvalue weighted by Crippen LogP contribution is -2.39. The van der Waals surface area contributed by atoms with E-state index in [9.17, 15) is 4.79 Å². The molecule has 1 aromatic rings. The number of allylic oxidation sites excluding steroid dienone is 3. The van der Waals surface area contributed by atoms with Crippen LogP contribution in [-0.2, 0) is 0 Å².